The van der Waals surface area contributed by atoms with Gasteiger partial charge in [0.2, 0.25) is 0 Å². The molecule has 0 saturated heterocycles. The Bertz CT molecular complexity index is 524. The SMILES string of the molecule is CCNC(CCc1cnn(C)c1)c1cncc(Br)c1. The average molecular weight is 323 g/mol. The third-order valence-corrected chi connectivity index (χ3v) is 3.49. The number of hydrogen-bond acceptors (Lipinski definition) is 3. The van der Waals surface area contributed by atoms with Crippen LogP contribution in [0.2, 0.25) is 0 Å². The van der Waals surface area contributed by atoms with Crippen LogP contribution in [0.4, 0.5) is 0 Å². The van der Waals surface area contributed by atoms with E-state index in [1.807, 2.05) is 30.3 Å². The quantitative estimate of drug-likeness (QED) is 0.889. The van der Waals surface area contributed by atoms with Crippen LogP contribution in [0.5, 0.6) is 0 Å². The van der Waals surface area contributed by atoms with Gasteiger partial charge in [0.1, 0.15) is 0 Å². The number of pyridine rings is 1. The fourth-order valence-electron chi connectivity index (χ4n) is 2.16. The van der Waals surface area contributed by atoms with Crippen molar-refractivity contribution in [1.29, 1.82) is 0 Å². The summed E-state index contributed by atoms with van der Waals surface area (Å²) in [6, 6.07) is 2.46. The van der Waals surface area contributed by atoms with Crippen molar-refractivity contribution in [2.45, 2.75) is 25.8 Å². The van der Waals surface area contributed by atoms with E-state index < -0.39 is 0 Å². The lowest BCUT2D eigenvalue weighted by molar-refractivity contribution is 0.514. The van der Waals surface area contributed by atoms with Crippen LogP contribution in [0, 0.1) is 0 Å². The Labute approximate surface area is 122 Å². The van der Waals surface area contributed by atoms with Crippen LogP contribution in [0.25, 0.3) is 0 Å². The molecule has 0 spiro atoms. The number of halogens is 1. The summed E-state index contributed by atoms with van der Waals surface area (Å²) in [6.45, 7) is 3.08. The first kappa shape index (κ1) is 14.2. The molecule has 0 saturated carbocycles. The second-order valence-electron chi connectivity index (χ2n) is 4.61. The van der Waals surface area contributed by atoms with Gasteiger partial charge in [0, 0.05) is 36.2 Å². The zero-order valence-electron chi connectivity index (χ0n) is 11.3. The molecule has 2 aromatic rings. The predicted molar refractivity (Wildman–Crippen MR) is 79.9 cm³/mol. The highest BCUT2D eigenvalue weighted by atomic mass is 79.9. The van der Waals surface area contributed by atoms with E-state index in [0.717, 1.165) is 23.9 Å². The van der Waals surface area contributed by atoms with Crippen LogP contribution in [0.3, 0.4) is 0 Å². The largest absolute Gasteiger partial charge is 0.310 e. The Morgan fingerprint density at radius 1 is 1.37 bits per heavy atom. The van der Waals surface area contributed by atoms with E-state index in [2.05, 4.69) is 50.5 Å². The van der Waals surface area contributed by atoms with Crippen molar-refractivity contribution in [2.24, 2.45) is 7.05 Å². The number of hydrogen-bond donors (Lipinski definition) is 1. The second kappa shape index (κ2) is 6.82. The van der Waals surface area contributed by atoms with Gasteiger partial charge in [0.05, 0.1) is 6.20 Å². The fourth-order valence-corrected chi connectivity index (χ4v) is 2.55. The molecule has 2 rings (SSSR count). The molecule has 1 N–H and O–H groups in total. The highest BCUT2D eigenvalue weighted by Gasteiger charge is 2.11. The number of aromatic nitrogens is 3. The lowest BCUT2D eigenvalue weighted by Crippen LogP contribution is -2.21. The molecule has 2 aromatic heterocycles. The van der Waals surface area contributed by atoms with E-state index in [0.29, 0.717) is 6.04 Å². The van der Waals surface area contributed by atoms with Crippen LogP contribution in [-0.4, -0.2) is 21.3 Å². The van der Waals surface area contributed by atoms with Crippen molar-refractivity contribution >= 4 is 15.9 Å². The molecule has 0 aliphatic rings. The molecule has 1 atom stereocenters. The summed E-state index contributed by atoms with van der Waals surface area (Å²) in [5, 5.41) is 7.72. The zero-order valence-corrected chi connectivity index (χ0v) is 12.9. The highest BCUT2D eigenvalue weighted by Crippen LogP contribution is 2.21. The maximum absolute atomic E-state index is 4.24. The Morgan fingerprint density at radius 3 is 2.84 bits per heavy atom. The summed E-state index contributed by atoms with van der Waals surface area (Å²) in [4.78, 5) is 4.24. The van der Waals surface area contributed by atoms with E-state index in [1.54, 1.807) is 0 Å². The Balaban J connectivity index is 2.03. The first-order valence-corrected chi connectivity index (χ1v) is 7.29. The van der Waals surface area contributed by atoms with Gasteiger partial charge < -0.3 is 5.32 Å². The summed E-state index contributed by atoms with van der Waals surface area (Å²) in [7, 11) is 1.95. The molecular weight excluding hydrogens is 304 g/mol. The summed E-state index contributed by atoms with van der Waals surface area (Å²) in [5.74, 6) is 0. The smallest absolute Gasteiger partial charge is 0.0521 e. The minimum atomic E-state index is 0.329. The number of aryl methyl sites for hydroxylation is 2. The van der Waals surface area contributed by atoms with E-state index in [1.165, 1.54) is 11.1 Å². The van der Waals surface area contributed by atoms with Gasteiger partial charge in [-0.25, -0.2) is 0 Å². The lowest BCUT2D eigenvalue weighted by atomic mass is 10.0. The Morgan fingerprint density at radius 2 is 2.21 bits per heavy atom. The van der Waals surface area contributed by atoms with Gasteiger partial charge in [-0.05, 0) is 52.5 Å². The third kappa shape index (κ3) is 4.14. The molecule has 1 unspecified atom stereocenters. The standard InChI is InChI=1S/C14H19BrN4/c1-3-17-14(12-6-13(15)9-16-8-12)5-4-11-7-18-19(2)10-11/h6-10,14,17H,3-5H2,1-2H3. The van der Waals surface area contributed by atoms with E-state index in [-0.39, 0.29) is 0 Å². The van der Waals surface area contributed by atoms with Gasteiger partial charge in [-0.3, -0.25) is 9.67 Å². The molecule has 0 amide bonds. The van der Waals surface area contributed by atoms with Crippen molar-refractivity contribution in [3.05, 3.63) is 46.5 Å². The van der Waals surface area contributed by atoms with Gasteiger partial charge in [0.15, 0.2) is 0 Å². The van der Waals surface area contributed by atoms with Crippen molar-refractivity contribution in [3.63, 3.8) is 0 Å². The average Bonchev–Trinajstić information content (AvgIpc) is 2.80. The van der Waals surface area contributed by atoms with Crippen molar-refractivity contribution < 1.29 is 0 Å². The van der Waals surface area contributed by atoms with Crippen LogP contribution >= 0.6 is 15.9 Å². The molecule has 0 aromatic carbocycles. The molecule has 102 valence electrons. The maximum atomic E-state index is 4.24. The zero-order chi connectivity index (χ0) is 13.7. The Kier molecular flexibility index (Phi) is 5.10. The number of nitrogens with zero attached hydrogens (tertiary/aromatic N) is 3. The van der Waals surface area contributed by atoms with E-state index in [9.17, 15) is 0 Å². The summed E-state index contributed by atoms with van der Waals surface area (Å²) < 4.78 is 2.87. The van der Waals surface area contributed by atoms with Gasteiger partial charge in [-0.1, -0.05) is 6.92 Å². The molecule has 0 bridgehead atoms. The lowest BCUT2D eigenvalue weighted by Gasteiger charge is -2.17. The minimum Gasteiger partial charge on any atom is -0.310 e. The van der Waals surface area contributed by atoms with E-state index >= 15 is 0 Å². The number of nitrogens with one attached hydrogen (secondary N) is 1. The molecule has 2 heterocycles. The highest BCUT2D eigenvalue weighted by molar-refractivity contribution is 9.10. The second-order valence-corrected chi connectivity index (χ2v) is 5.52. The van der Waals surface area contributed by atoms with Crippen molar-refractivity contribution in [1.82, 2.24) is 20.1 Å². The molecule has 0 aliphatic carbocycles. The minimum absolute atomic E-state index is 0.329. The van der Waals surface area contributed by atoms with Crippen LogP contribution in [0.15, 0.2) is 35.3 Å². The molecule has 0 fully saturated rings. The van der Waals surface area contributed by atoms with Crippen LogP contribution in [0.1, 0.15) is 30.5 Å². The summed E-state index contributed by atoms with van der Waals surface area (Å²) in [6.07, 6.45) is 9.80. The summed E-state index contributed by atoms with van der Waals surface area (Å²) in [5.41, 5.74) is 2.49. The van der Waals surface area contributed by atoms with Gasteiger partial charge >= 0.3 is 0 Å². The Hall–Kier alpha value is -1.20. The molecule has 5 heteroatoms. The maximum Gasteiger partial charge on any atom is 0.0521 e. The van der Waals surface area contributed by atoms with E-state index in [4.69, 9.17) is 0 Å². The van der Waals surface area contributed by atoms with Gasteiger partial charge in [0.25, 0.3) is 0 Å². The third-order valence-electron chi connectivity index (χ3n) is 3.06. The molecule has 19 heavy (non-hydrogen) atoms. The monoisotopic (exact) mass is 322 g/mol. The topological polar surface area (TPSA) is 42.7 Å². The molecule has 0 radical (unpaired) electrons. The van der Waals surface area contributed by atoms with Gasteiger partial charge in [-0.2, -0.15) is 5.10 Å². The molecular formula is C14H19BrN4. The first-order valence-electron chi connectivity index (χ1n) is 6.50. The van der Waals surface area contributed by atoms with Crippen LogP contribution < -0.4 is 5.32 Å². The van der Waals surface area contributed by atoms with Crippen molar-refractivity contribution in [2.75, 3.05) is 6.54 Å². The normalized spacial score (nSPS) is 12.6. The summed E-state index contributed by atoms with van der Waals surface area (Å²) >= 11 is 3.48. The molecule has 4 nitrogen and oxygen atoms in total. The fraction of sp³-hybridized carbons (Fsp3) is 0.429. The van der Waals surface area contributed by atoms with Crippen LogP contribution in [-0.2, 0) is 13.5 Å². The van der Waals surface area contributed by atoms with Crippen molar-refractivity contribution in [3.8, 4) is 0 Å². The molecule has 0 aliphatic heterocycles. The predicted octanol–water partition coefficient (Wildman–Crippen LogP) is 2.86. The van der Waals surface area contributed by atoms with Gasteiger partial charge in [-0.15, -0.1) is 0 Å². The number of rotatable bonds is 6. The first-order chi connectivity index (χ1) is 9.19.